The summed E-state index contributed by atoms with van der Waals surface area (Å²) in [6, 6.07) is 9.96. The molecule has 0 unspecified atom stereocenters. The molecule has 1 aromatic heterocycles. The highest BCUT2D eigenvalue weighted by molar-refractivity contribution is 6.31. The van der Waals surface area contributed by atoms with Crippen LogP contribution in [0.2, 0.25) is 5.02 Å². The summed E-state index contributed by atoms with van der Waals surface area (Å²) in [5, 5.41) is 3.99. The van der Waals surface area contributed by atoms with Crippen molar-refractivity contribution >= 4 is 39.6 Å². The summed E-state index contributed by atoms with van der Waals surface area (Å²) in [5.74, 6) is 1.21. The molecule has 3 rings (SSSR count). The largest absolute Gasteiger partial charge is 0.491 e. The van der Waals surface area contributed by atoms with Gasteiger partial charge in [-0.15, -0.1) is 0 Å². The molecule has 31 heavy (non-hydrogen) atoms. The van der Waals surface area contributed by atoms with Gasteiger partial charge in [0.25, 0.3) is 0 Å². The van der Waals surface area contributed by atoms with Crippen LogP contribution in [0.25, 0.3) is 16.5 Å². The lowest BCUT2D eigenvalue weighted by Gasteiger charge is -2.13. The van der Waals surface area contributed by atoms with E-state index in [1.165, 1.54) is 12.1 Å². The highest BCUT2D eigenvalue weighted by Crippen LogP contribution is 2.30. The molecule has 3 aromatic rings. The summed E-state index contributed by atoms with van der Waals surface area (Å²) in [5.41, 5.74) is 2.08. The number of ether oxygens (including phenoxy) is 2. The Morgan fingerprint density at radius 2 is 2.03 bits per heavy atom. The van der Waals surface area contributed by atoms with E-state index in [4.69, 9.17) is 26.1 Å². The SMILES string of the molecule is C=C/C(=C\C=C/C)c1nc(Nc2ccc(F)c(Cl)c2)c2cc(OCCOC)ccc2n1. The van der Waals surface area contributed by atoms with Gasteiger partial charge in [-0.05, 0) is 43.3 Å². The highest BCUT2D eigenvalue weighted by atomic mass is 35.5. The zero-order chi connectivity index (χ0) is 22.2. The molecule has 0 amide bonds. The number of benzene rings is 2. The van der Waals surface area contributed by atoms with Crippen molar-refractivity contribution in [3.63, 3.8) is 0 Å². The Labute approximate surface area is 185 Å². The van der Waals surface area contributed by atoms with Gasteiger partial charge in [-0.2, -0.15) is 0 Å². The van der Waals surface area contributed by atoms with Crippen molar-refractivity contribution in [1.29, 1.82) is 0 Å². The Kier molecular flexibility index (Phi) is 7.76. The predicted molar refractivity (Wildman–Crippen MR) is 125 cm³/mol. The molecule has 0 radical (unpaired) electrons. The molecule has 0 atom stereocenters. The molecule has 1 heterocycles. The fourth-order valence-electron chi connectivity index (χ4n) is 2.81. The standard InChI is InChI=1S/C24H23ClFN3O2/c1-4-6-7-16(5-2)23-28-22-11-9-18(31-13-12-30-3)15-19(22)24(29-23)27-17-8-10-21(26)20(25)14-17/h4-11,14-15H,2,12-13H2,1,3H3,(H,27,28,29)/b6-4-,16-7+. The van der Waals surface area contributed by atoms with Crippen LogP contribution in [-0.4, -0.2) is 30.3 Å². The van der Waals surface area contributed by atoms with Crippen molar-refractivity contribution in [2.75, 3.05) is 25.6 Å². The van der Waals surface area contributed by atoms with Crippen LogP contribution < -0.4 is 10.1 Å². The quantitative estimate of drug-likeness (QED) is 0.311. The van der Waals surface area contributed by atoms with Crippen LogP contribution >= 0.6 is 11.6 Å². The highest BCUT2D eigenvalue weighted by Gasteiger charge is 2.12. The molecule has 7 heteroatoms. The average Bonchev–Trinajstić information content (AvgIpc) is 2.77. The summed E-state index contributed by atoms with van der Waals surface area (Å²) in [7, 11) is 1.62. The third kappa shape index (κ3) is 5.69. The van der Waals surface area contributed by atoms with Gasteiger partial charge in [-0.25, -0.2) is 14.4 Å². The van der Waals surface area contributed by atoms with E-state index in [1.807, 2.05) is 43.4 Å². The minimum Gasteiger partial charge on any atom is -0.491 e. The summed E-state index contributed by atoms with van der Waals surface area (Å²) in [6.07, 6.45) is 7.38. The van der Waals surface area contributed by atoms with E-state index in [1.54, 1.807) is 19.3 Å². The number of methoxy groups -OCH3 is 1. The lowest BCUT2D eigenvalue weighted by molar-refractivity contribution is 0.146. The molecule has 0 aliphatic carbocycles. The summed E-state index contributed by atoms with van der Waals surface area (Å²) >= 11 is 5.95. The van der Waals surface area contributed by atoms with Crippen molar-refractivity contribution < 1.29 is 13.9 Å². The lowest BCUT2D eigenvalue weighted by atomic mass is 10.1. The summed E-state index contributed by atoms with van der Waals surface area (Å²) in [6.45, 7) is 6.69. The number of fused-ring (bicyclic) bond motifs is 1. The number of rotatable bonds is 9. The molecular weight excluding hydrogens is 417 g/mol. The van der Waals surface area contributed by atoms with Crippen molar-refractivity contribution in [2.24, 2.45) is 0 Å². The van der Waals surface area contributed by atoms with Crippen molar-refractivity contribution in [3.8, 4) is 5.75 Å². The van der Waals surface area contributed by atoms with Gasteiger partial charge in [-0.1, -0.05) is 42.5 Å². The van der Waals surface area contributed by atoms with Crippen LogP contribution in [-0.2, 0) is 4.74 Å². The van der Waals surface area contributed by atoms with E-state index in [9.17, 15) is 4.39 Å². The van der Waals surface area contributed by atoms with E-state index < -0.39 is 5.82 Å². The zero-order valence-corrected chi connectivity index (χ0v) is 18.1. The van der Waals surface area contributed by atoms with Gasteiger partial charge >= 0.3 is 0 Å². The molecule has 0 aliphatic heterocycles. The maximum absolute atomic E-state index is 13.6. The third-order valence-corrected chi connectivity index (χ3v) is 4.64. The Balaban J connectivity index is 2.11. The van der Waals surface area contributed by atoms with Gasteiger partial charge in [0.2, 0.25) is 0 Å². The smallest absolute Gasteiger partial charge is 0.162 e. The van der Waals surface area contributed by atoms with E-state index in [0.717, 1.165) is 11.0 Å². The fourth-order valence-corrected chi connectivity index (χ4v) is 2.99. The predicted octanol–water partition coefficient (Wildman–Crippen LogP) is 6.34. The first-order valence-electron chi connectivity index (χ1n) is 9.67. The number of nitrogens with zero attached hydrogens (tertiary/aromatic N) is 2. The zero-order valence-electron chi connectivity index (χ0n) is 17.4. The molecule has 5 nitrogen and oxygen atoms in total. The summed E-state index contributed by atoms with van der Waals surface area (Å²) < 4.78 is 24.4. The summed E-state index contributed by atoms with van der Waals surface area (Å²) in [4.78, 5) is 9.38. The van der Waals surface area contributed by atoms with Crippen molar-refractivity contribution in [2.45, 2.75) is 6.92 Å². The van der Waals surface area contributed by atoms with Crippen LogP contribution in [0.4, 0.5) is 15.9 Å². The average molecular weight is 440 g/mol. The molecule has 0 saturated heterocycles. The van der Waals surface area contributed by atoms with Gasteiger partial charge in [0.1, 0.15) is 24.0 Å². The Morgan fingerprint density at radius 3 is 2.74 bits per heavy atom. The molecular formula is C24H23ClFN3O2. The van der Waals surface area contributed by atoms with E-state index in [0.29, 0.717) is 41.8 Å². The number of nitrogens with one attached hydrogen (secondary N) is 1. The number of anilines is 2. The molecule has 0 aliphatic rings. The molecule has 0 fully saturated rings. The first-order valence-corrected chi connectivity index (χ1v) is 10.0. The van der Waals surface area contributed by atoms with E-state index in [2.05, 4.69) is 16.9 Å². The maximum atomic E-state index is 13.6. The lowest BCUT2D eigenvalue weighted by Crippen LogP contribution is -2.05. The maximum Gasteiger partial charge on any atom is 0.162 e. The fraction of sp³-hybridized carbons (Fsp3) is 0.167. The topological polar surface area (TPSA) is 56.3 Å². The van der Waals surface area contributed by atoms with Crippen molar-refractivity contribution in [1.82, 2.24) is 9.97 Å². The van der Waals surface area contributed by atoms with Gasteiger partial charge in [0, 0.05) is 23.8 Å². The first kappa shape index (κ1) is 22.5. The van der Waals surface area contributed by atoms with Crippen LogP contribution in [0.5, 0.6) is 5.75 Å². The third-order valence-electron chi connectivity index (χ3n) is 4.35. The van der Waals surface area contributed by atoms with Crippen LogP contribution in [0.15, 0.2) is 67.3 Å². The van der Waals surface area contributed by atoms with Crippen LogP contribution in [0.1, 0.15) is 12.7 Å². The minimum atomic E-state index is -0.488. The number of aromatic nitrogens is 2. The Hall–Kier alpha value is -3.22. The number of halogens is 2. The number of hydrogen-bond donors (Lipinski definition) is 1. The number of hydrogen-bond acceptors (Lipinski definition) is 5. The minimum absolute atomic E-state index is 0.0203. The second-order valence-electron chi connectivity index (χ2n) is 6.52. The molecule has 0 saturated carbocycles. The second kappa shape index (κ2) is 10.7. The monoisotopic (exact) mass is 439 g/mol. The van der Waals surface area contributed by atoms with Gasteiger partial charge in [0.15, 0.2) is 5.82 Å². The normalized spacial score (nSPS) is 11.8. The van der Waals surface area contributed by atoms with Gasteiger partial charge in [-0.3, -0.25) is 0 Å². The molecule has 0 bridgehead atoms. The Bertz CT molecular complexity index is 1150. The number of allylic oxidation sites excluding steroid dienone is 5. The van der Waals surface area contributed by atoms with Crippen LogP contribution in [0.3, 0.4) is 0 Å². The van der Waals surface area contributed by atoms with Crippen LogP contribution in [0, 0.1) is 5.82 Å². The molecule has 160 valence electrons. The van der Waals surface area contributed by atoms with E-state index >= 15 is 0 Å². The van der Waals surface area contributed by atoms with Crippen molar-refractivity contribution in [3.05, 3.63) is 83.9 Å². The molecule has 0 spiro atoms. The first-order chi connectivity index (χ1) is 15.0. The molecule has 1 N–H and O–H groups in total. The van der Waals surface area contributed by atoms with E-state index in [-0.39, 0.29) is 5.02 Å². The van der Waals surface area contributed by atoms with Gasteiger partial charge < -0.3 is 14.8 Å². The molecule has 2 aromatic carbocycles. The Morgan fingerprint density at radius 1 is 1.19 bits per heavy atom. The second-order valence-corrected chi connectivity index (χ2v) is 6.93. The van der Waals surface area contributed by atoms with Gasteiger partial charge in [0.05, 0.1) is 17.1 Å².